The molecule has 8 heteroatoms. The van der Waals surface area contributed by atoms with E-state index in [1.165, 1.54) is 0 Å². The Morgan fingerprint density at radius 3 is 2.30 bits per heavy atom. The van der Waals surface area contributed by atoms with Crippen LogP contribution in [0.4, 0.5) is 4.79 Å². The fourth-order valence-electron chi connectivity index (χ4n) is 4.49. The Morgan fingerprint density at radius 1 is 1.09 bits per heavy atom. The molecule has 0 spiro atoms. The predicted octanol–water partition coefficient (Wildman–Crippen LogP) is 2.91. The Balaban J connectivity index is 1.29. The number of ether oxygens (including phenoxy) is 2. The molecule has 0 radical (unpaired) electrons. The molecule has 1 fully saturated rings. The van der Waals surface area contributed by atoms with Crippen molar-refractivity contribution < 1.29 is 29.0 Å². The first-order valence-electron chi connectivity index (χ1n) is 11.2. The topological polar surface area (TPSA) is 114 Å². The number of carboxylic acids is 1. The number of amides is 2. The van der Waals surface area contributed by atoms with E-state index in [9.17, 15) is 14.4 Å². The molecule has 1 aliphatic heterocycles. The number of carbonyl (C=O) groups excluding carboxylic acids is 2. The van der Waals surface area contributed by atoms with Gasteiger partial charge in [-0.1, -0.05) is 55.5 Å². The van der Waals surface area contributed by atoms with Gasteiger partial charge in [0.05, 0.1) is 18.6 Å². The van der Waals surface area contributed by atoms with Gasteiger partial charge in [-0.25, -0.2) is 4.79 Å². The zero-order valence-electron chi connectivity index (χ0n) is 18.5. The van der Waals surface area contributed by atoms with E-state index in [2.05, 4.69) is 22.8 Å². The van der Waals surface area contributed by atoms with E-state index in [0.29, 0.717) is 12.8 Å². The zero-order valence-corrected chi connectivity index (χ0v) is 18.5. The van der Waals surface area contributed by atoms with E-state index in [-0.39, 0.29) is 37.7 Å². The van der Waals surface area contributed by atoms with Gasteiger partial charge in [0.1, 0.15) is 12.6 Å². The molecule has 0 aromatic heterocycles. The third-order valence-electron chi connectivity index (χ3n) is 6.29. The highest BCUT2D eigenvalue weighted by Gasteiger charge is 2.32. The monoisotopic (exact) mass is 452 g/mol. The number of aliphatic carboxylic acids is 1. The number of fused-ring (bicyclic) bond motifs is 3. The SMILES string of the molecule is CCC(NC(=O)OCC1c2ccccc2-c2ccccc21)C(=O)NC[C@H]1C[C@@H](C(=O)O)CO1. The lowest BCUT2D eigenvalue weighted by molar-refractivity contribution is -0.141. The van der Waals surface area contributed by atoms with E-state index in [4.69, 9.17) is 14.6 Å². The number of hydrogen-bond acceptors (Lipinski definition) is 5. The smallest absolute Gasteiger partial charge is 0.407 e. The molecule has 0 saturated carbocycles. The first-order valence-corrected chi connectivity index (χ1v) is 11.2. The number of carboxylic acid groups (broad SMARTS) is 1. The van der Waals surface area contributed by atoms with Crippen LogP contribution in [-0.4, -0.2) is 55.0 Å². The highest BCUT2D eigenvalue weighted by molar-refractivity contribution is 5.85. The van der Waals surface area contributed by atoms with Gasteiger partial charge in [0.2, 0.25) is 5.91 Å². The van der Waals surface area contributed by atoms with Gasteiger partial charge >= 0.3 is 12.1 Å². The molecule has 0 bridgehead atoms. The van der Waals surface area contributed by atoms with Crippen LogP contribution in [0.15, 0.2) is 48.5 Å². The van der Waals surface area contributed by atoms with Gasteiger partial charge in [-0.15, -0.1) is 0 Å². The van der Waals surface area contributed by atoms with Gasteiger partial charge in [0.25, 0.3) is 0 Å². The summed E-state index contributed by atoms with van der Waals surface area (Å²) in [5, 5.41) is 14.4. The summed E-state index contributed by atoms with van der Waals surface area (Å²) < 4.78 is 10.9. The summed E-state index contributed by atoms with van der Waals surface area (Å²) >= 11 is 0. The van der Waals surface area contributed by atoms with Crippen molar-refractivity contribution in [2.45, 2.75) is 37.8 Å². The second-order valence-corrected chi connectivity index (χ2v) is 8.40. The highest BCUT2D eigenvalue weighted by Crippen LogP contribution is 2.44. The summed E-state index contributed by atoms with van der Waals surface area (Å²) in [6, 6.07) is 15.4. The summed E-state index contributed by atoms with van der Waals surface area (Å²) in [6.07, 6.45) is -0.255. The maximum Gasteiger partial charge on any atom is 0.407 e. The summed E-state index contributed by atoms with van der Waals surface area (Å²) in [5.41, 5.74) is 4.53. The van der Waals surface area contributed by atoms with Gasteiger partial charge in [0, 0.05) is 12.5 Å². The second kappa shape index (κ2) is 10.0. The maximum atomic E-state index is 12.5. The molecule has 8 nitrogen and oxygen atoms in total. The van der Waals surface area contributed by atoms with Crippen LogP contribution in [-0.2, 0) is 19.1 Å². The van der Waals surface area contributed by atoms with Crippen LogP contribution >= 0.6 is 0 Å². The van der Waals surface area contributed by atoms with Gasteiger partial charge in [-0.05, 0) is 35.1 Å². The summed E-state index contributed by atoms with van der Waals surface area (Å²) in [5.74, 6) is -1.85. The third-order valence-corrected chi connectivity index (χ3v) is 6.29. The first-order chi connectivity index (χ1) is 16.0. The number of benzene rings is 2. The number of rotatable bonds is 8. The van der Waals surface area contributed by atoms with Crippen molar-refractivity contribution in [3.63, 3.8) is 0 Å². The van der Waals surface area contributed by atoms with Crippen LogP contribution in [0.1, 0.15) is 36.8 Å². The lowest BCUT2D eigenvalue weighted by Crippen LogP contribution is -2.48. The molecule has 33 heavy (non-hydrogen) atoms. The minimum atomic E-state index is -0.896. The van der Waals surface area contributed by atoms with E-state index >= 15 is 0 Å². The molecule has 2 aliphatic rings. The van der Waals surface area contributed by atoms with Crippen LogP contribution in [0.5, 0.6) is 0 Å². The number of nitrogens with one attached hydrogen (secondary N) is 2. The Labute approximate surface area is 192 Å². The number of alkyl carbamates (subject to hydrolysis) is 1. The van der Waals surface area contributed by atoms with Crippen LogP contribution < -0.4 is 10.6 Å². The molecule has 3 N–H and O–H groups in total. The first kappa shape index (κ1) is 22.8. The fraction of sp³-hybridized carbons (Fsp3) is 0.400. The van der Waals surface area contributed by atoms with E-state index in [1.54, 1.807) is 6.92 Å². The van der Waals surface area contributed by atoms with Gasteiger partial charge in [0.15, 0.2) is 0 Å². The van der Waals surface area contributed by atoms with Crippen molar-refractivity contribution in [2.24, 2.45) is 5.92 Å². The third kappa shape index (κ3) is 5.01. The van der Waals surface area contributed by atoms with E-state index in [0.717, 1.165) is 22.3 Å². The lowest BCUT2D eigenvalue weighted by Gasteiger charge is -2.19. The Hall–Kier alpha value is -3.39. The quantitative estimate of drug-likeness (QED) is 0.568. The molecule has 2 amide bonds. The van der Waals surface area contributed by atoms with Crippen molar-refractivity contribution in [3.8, 4) is 11.1 Å². The highest BCUT2D eigenvalue weighted by atomic mass is 16.5. The van der Waals surface area contributed by atoms with Crippen molar-refractivity contribution in [1.29, 1.82) is 0 Å². The van der Waals surface area contributed by atoms with E-state index in [1.807, 2.05) is 36.4 Å². The maximum absolute atomic E-state index is 12.5. The molecule has 1 heterocycles. The Kier molecular flexibility index (Phi) is 6.93. The lowest BCUT2D eigenvalue weighted by atomic mass is 9.98. The molecule has 1 saturated heterocycles. The van der Waals surface area contributed by atoms with Crippen molar-refractivity contribution in [1.82, 2.24) is 10.6 Å². The van der Waals surface area contributed by atoms with Gasteiger partial charge in [-0.3, -0.25) is 9.59 Å². The minimum absolute atomic E-state index is 0.0567. The molecule has 4 rings (SSSR count). The van der Waals surface area contributed by atoms with Gasteiger partial charge < -0.3 is 25.2 Å². The van der Waals surface area contributed by atoms with Crippen molar-refractivity contribution >= 4 is 18.0 Å². The van der Waals surface area contributed by atoms with Gasteiger partial charge in [-0.2, -0.15) is 0 Å². The molecular weight excluding hydrogens is 424 g/mol. The predicted molar refractivity (Wildman–Crippen MR) is 121 cm³/mol. The molecule has 2 aromatic carbocycles. The second-order valence-electron chi connectivity index (χ2n) is 8.40. The molecule has 174 valence electrons. The van der Waals surface area contributed by atoms with Crippen LogP contribution in [0.25, 0.3) is 11.1 Å². The molecule has 1 aliphatic carbocycles. The largest absolute Gasteiger partial charge is 0.481 e. The number of carbonyl (C=O) groups is 3. The van der Waals surface area contributed by atoms with Crippen molar-refractivity contribution in [2.75, 3.05) is 19.8 Å². The average molecular weight is 453 g/mol. The van der Waals surface area contributed by atoms with Crippen LogP contribution in [0.2, 0.25) is 0 Å². The Bertz CT molecular complexity index is 994. The van der Waals surface area contributed by atoms with E-state index < -0.39 is 24.0 Å². The average Bonchev–Trinajstić information content (AvgIpc) is 3.43. The normalized spacial score (nSPS) is 19.9. The summed E-state index contributed by atoms with van der Waals surface area (Å²) in [6.45, 7) is 2.31. The Morgan fingerprint density at radius 2 is 1.73 bits per heavy atom. The van der Waals surface area contributed by atoms with Crippen LogP contribution in [0, 0.1) is 5.92 Å². The fourth-order valence-corrected chi connectivity index (χ4v) is 4.49. The molecule has 1 unspecified atom stereocenters. The molecular formula is C25H28N2O6. The number of hydrogen-bond donors (Lipinski definition) is 3. The van der Waals surface area contributed by atoms with Crippen LogP contribution in [0.3, 0.4) is 0 Å². The van der Waals surface area contributed by atoms with Crippen molar-refractivity contribution in [3.05, 3.63) is 59.7 Å². The molecule has 3 atom stereocenters. The molecule has 2 aromatic rings. The summed E-state index contributed by atoms with van der Waals surface area (Å²) in [7, 11) is 0. The zero-order chi connectivity index (χ0) is 23.4. The minimum Gasteiger partial charge on any atom is -0.481 e. The summed E-state index contributed by atoms with van der Waals surface area (Å²) in [4.78, 5) is 36.0. The standard InChI is InChI=1S/C25H28N2O6/c1-2-22(23(28)26-12-16-11-15(13-32-16)24(29)30)27-25(31)33-14-21-19-9-5-3-7-17(19)18-8-4-6-10-20(18)21/h3-10,15-16,21-22H,2,11-14H2,1H3,(H,26,28)(H,27,31)(H,29,30)/t15-,16-,22?/m1/s1.